The van der Waals surface area contributed by atoms with Crippen molar-refractivity contribution in [3.63, 3.8) is 0 Å². The predicted octanol–water partition coefficient (Wildman–Crippen LogP) is 3.75. The summed E-state index contributed by atoms with van der Waals surface area (Å²) >= 11 is 1.74. The van der Waals surface area contributed by atoms with Crippen LogP contribution in [-0.2, 0) is 4.74 Å². The molecule has 0 saturated carbocycles. The first-order chi connectivity index (χ1) is 7.49. The van der Waals surface area contributed by atoms with Crippen molar-refractivity contribution in [2.75, 3.05) is 0 Å². The molecule has 0 aliphatic rings. The average molecular weight is 238 g/mol. The summed E-state index contributed by atoms with van der Waals surface area (Å²) < 4.78 is 5.15. The maximum absolute atomic E-state index is 11.7. The number of benzene rings is 1. The van der Waals surface area contributed by atoms with Crippen molar-refractivity contribution in [3.05, 3.63) is 29.8 Å². The number of carbonyl (C=O) groups excluding carboxylic acids is 1. The predicted molar refractivity (Wildman–Crippen MR) is 68.0 cm³/mol. The van der Waals surface area contributed by atoms with Crippen LogP contribution >= 0.6 is 11.8 Å². The maximum Gasteiger partial charge on any atom is 0.338 e. The molecule has 0 atom stereocenters. The third kappa shape index (κ3) is 4.27. The lowest BCUT2D eigenvalue weighted by molar-refractivity contribution is 0.0377. The van der Waals surface area contributed by atoms with Crippen LogP contribution in [-0.4, -0.2) is 17.3 Å². The Labute approximate surface area is 101 Å². The summed E-state index contributed by atoms with van der Waals surface area (Å²) in [5.74, 6) is -0.249. The van der Waals surface area contributed by atoms with E-state index in [-0.39, 0.29) is 12.1 Å². The first-order valence-electron chi connectivity index (χ1n) is 5.46. The number of rotatable bonds is 4. The second kappa shape index (κ2) is 5.94. The van der Waals surface area contributed by atoms with Crippen LogP contribution in [0, 0.1) is 0 Å². The molecule has 88 valence electrons. The fourth-order valence-corrected chi connectivity index (χ4v) is 2.15. The Kier molecular flexibility index (Phi) is 4.87. The molecule has 0 unspecified atom stereocenters. The zero-order valence-electron chi connectivity index (χ0n) is 10.2. The Morgan fingerprint density at radius 2 is 1.94 bits per heavy atom. The third-order valence-electron chi connectivity index (χ3n) is 1.78. The zero-order valence-corrected chi connectivity index (χ0v) is 11.0. The summed E-state index contributed by atoms with van der Waals surface area (Å²) in [6, 6.07) is 7.57. The fourth-order valence-electron chi connectivity index (χ4n) is 1.25. The van der Waals surface area contributed by atoms with E-state index in [0.29, 0.717) is 10.8 Å². The molecule has 0 amide bonds. The molecule has 0 N–H and O–H groups in total. The summed E-state index contributed by atoms with van der Waals surface area (Å²) in [4.78, 5) is 12.8. The lowest BCUT2D eigenvalue weighted by Crippen LogP contribution is -2.11. The van der Waals surface area contributed by atoms with Gasteiger partial charge in [-0.3, -0.25) is 0 Å². The van der Waals surface area contributed by atoms with Crippen LogP contribution in [0.25, 0.3) is 0 Å². The van der Waals surface area contributed by atoms with Gasteiger partial charge >= 0.3 is 5.97 Å². The van der Waals surface area contributed by atoms with Gasteiger partial charge < -0.3 is 4.74 Å². The van der Waals surface area contributed by atoms with Crippen LogP contribution in [0.3, 0.4) is 0 Å². The van der Waals surface area contributed by atoms with Gasteiger partial charge in [-0.05, 0) is 32.0 Å². The van der Waals surface area contributed by atoms with Crippen molar-refractivity contribution in [2.24, 2.45) is 0 Å². The Balaban J connectivity index is 2.77. The Morgan fingerprint density at radius 3 is 2.50 bits per heavy atom. The number of hydrogen-bond donors (Lipinski definition) is 0. The molecule has 16 heavy (non-hydrogen) atoms. The van der Waals surface area contributed by atoms with Gasteiger partial charge in [0.05, 0.1) is 11.7 Å². The molecule has 0 radical (unpaired) electrons. The van der Waals surface area contributed by atoms with Crippen molar-refractivity contribution in [1.29, 1.82) is 0 Å². The topological polar surface area (TPSA) is 26.3 Å². The highest BCUT2D eigenvalue weighted by Crippen LogP contribution is 2.23. The first-order valence-corrected chi connectivity index (χ1v) is 6.34. The largest absolute Gasteiger partial charge is 0.459 e. The number of esters is 1. The van der Waals surface area contributed by atoms with E-state index in [4.69, 9.17) is 4.74 Å². The minimum absolute atomic E-state index is 0.0751. The standard InChI is InChI=1S/C13H18O2S/c1-9(2)15-13(14)11-6-5-7-12(8-11)16-10(3)4/h5-10H,1-4H3. The van der Waals surface area contributed by atoms with Crippen LogP contribution in [0.15, 0.2) is 29.2 Å². The van der Waals surface area contributed by atoms with E-state index in [0.717, 1.165) is 4.90 Å². The highest BCUT2D eigenvalue weighted by Gasteiger charge is 2.09. The number of carbonyl (C=O) groups is 1. The minimum Gasteiger partial charge on any atom is -0.459 e. The normalized spacial score (nSPS) is 10.9. The van der Waals surface area contributed by atoms with Crippen LogP contribution in [0.4, 0.5) is 0 Å². The summed E-state index contributed by atoms with van der Waals surface area (Å²) in [5.41, 5.74) is 0.624. The Bertz CT molecular complexity index is 359. The van der Waals surface area contributed by atoms with E-state index in [1.807, 2.05) is 32.0 Å². The molecule has 0 aliphatic heterocycles. The first kappa shape index (κ1) is 13.1. The van der Waals surface area contributed by atoms with E-state index in [1.165, 1.54) is 0 Å². The monoisotopic (exact) mass is 238 g/mol. The lowest BCUT2D eigenvalue weighted by Gasteiger charge is -2.09. The van der Waals surface area contributed by atoms with Crippen molar-refractivity contribution < 1.29 is 9.53 Å². The summed E-state index contributed by atoms with van der Waals surface area (Å²) in [5, 5.41) is 0.511. The van der Waals surface area contributed by atoms with Gasteiger partial charge in [0, 0.05) is 10.1 Å². The molecule has 0 saturated heterocycles. The van der Waals surface area contributed by atoms with Gasteiger partial charge in [0.15, 0.2) is 0 Å². The molecular weight excluding hydrogens is 220 g/mol. The summed E-state index contributed by atoms with van der Waals surface area (Å²) in [6.07, 6.45) is -0.0751. The zero-order chi connectivity index (χ0) is 12.1. The summed E-state index contributed by atoms with van der Waals surface area (Å²) in [6.45, 7) is 7.96. The number of thioether (sulfide) groups is 1. The lowest BCUT2D eigenvalue weighted by atomic mass is 10.2. The molecular formula is C13H18O2S. The van der Waals surface area contributed by atoms with Crippen LogP contribution < -0.4 is 0 Å². The van der Waals surface area contributed by atoms with E-state index >= 15 is 0 Å². The van der Waals surface area contributed by atoms with E-state index in [2.05, 4.69) is 13.8 Å². The molecule has 0 aromatic heterocycles. The van der Waals surface area contributed by atoms with Gasteiger partial charge in [-0.25, -0.2) is 4.79 Å². The molecule has 0 aliphatic carbocycles. The number of ether oxygens (including phenoxy) is 1. The van der Waals surface area contributed by atoms with Gasteiger partial charge in [-0.1, -0.05) is 19.9 Å². The molecule has 0 heterocycles. The summed E-state index contributed by atoms with van der Waals surface area (Å²) in [7, 11) is 0. The SMILES string of the molecule is CC(C)OC(=O)c1cccc(SC(C)C)c1. The van der Waals surface area contributed by atoms with Crippen LogP contribution in [0.1, 0.15) is 38.1 Å². The van der Waals surface area contributed by atoms with Crippen LogP contribution in [0.2, 0.25) is 0 Å². The third-order valence-corrected chi connectivity index (χ3v) is 2.78. The molecule has 1 aromatic carbocycles. The van der Waals surface area contributed by atoms with E-state index in [9.17, 15) is 4.79 Å². The van der Waals surface area contributed by atoms with E-state index in [1.54, 1.807) is 17.8 Å². The van der Waals surface area contributed by atoms with Crippen molar-refractivity contribution in [3.8, 4) is 0 Å². The van der Waals surface area contributed by atoms with Crippen molar-refractivity contribution >= 4 is 17.7 Å². The molecule has 0 fully saturated rings. The Hall–Kier alpha value is -0.960. The second-order valence-corrected chi connectivity index (χ2v) is 5.80. The van der Waals surface area contributed by atoms with Crippen molar-refractivity contribution in [1.82, 2.24) is 0 Å². The molecule has 0 spiro atoms. The maximum atomic E-state index is 11.7. The molecule has 0 bridgehead atoms. The fraction of sp³-hybridized carbons (Fsp3) is 0.462. The molecule has 3 heteroatoms. The van der Waals surface area contributed by atoms with Gasteiger partial charge in [0.1, 0.15) is 0 Å². The Morgan fingerprint density at radius 1 is 1.25 bits per heavy atom. The average Bonchev–Trinajstić information content (AvgIpc) is 2.16. The quantitative estimate of drug-likeness (QED) is 0.590. The minimum atomic E-state index is -0.249. The molecule has 1 rings (SSSR count). The van der Waals surface area contributed by atoms with Gasteiger partial charge in [0.2, 0.25) is 0 Å². The van der Waals surface area contributed by atoms with Gasteiger partial charge in [-0.15, -0.1) is 11.8 Å². The highest BCUT2D eigenvalue weighted by atomic mass is 32.2. The van der Waals surface area contributed by atoms with Gasteiger partial charge in [-0.2, -0.15) is 0 Å². The van der Waals surface area contributed by atoms with E-state index < -0.39 is 0 Å². The highest BCUT2D eigenvalue weighted by molar-refractivity contribution is 7.99. The number of hydrogen-bond acceptors (Lipinski definition) is 3. The van der Waals surface area contributed by atoms with Crippen LogP contribution in [0.5, 0.6) is 0 Å². The molecule has 2 nitrogen and oxygen atoms in total. The van der Waals surface area contributed by atoms with Gasteiger partial charge in [0.25, 0.3) is 0 Å². The smallest absolute Gasteiger partial charge is 0.338 e. The van der Waals surface area contributed by atoms with Crippen molar-refractivity contribution in [2.45, 2.75) is 43.9 Å². The second-order valence-electron chi connectivity index (χ2n) is 4.15. The molecule has 1 aromatic rings.